The van der Waals surface area contributed by atoms with Gasteiger partial charge in [0.05, 0.1) is 37.6 Å². The zero-order valence-electron chi connectivity index (χ0n) is 12.4. The Bertz CT molecular complexity index is 666. The predicted molar refractivity (Wildman–Crippen MR) is 80.8 cm³/mol. The van der Waals surface area contributed by atoms with Gasteiger partial charge in [-0.15, -0.1) is 0 Å². The molecule has 1 aromatic rings. The third kappa shape index (κ3) is 3.04. The van der Waals surface area contributed by atoms with Crippen molar-refractivity contribution in [2.45, 2.75) is 12.5 Å². The number of rotatable bonds is 4. The van der Waals surface area contributed by atoms with Crippen LogP contribution in [0, 0.1) is 5.92 Å². The number of carbonyl (C=O) groups excluding carboxylic acids is 1. The monoisotopic (exact) mass is 325 g/mol. The van der Waals surface area contributed by atoms with Crippen molar-refractivity contribution < 1.29 is 22.7 Å². The van der Waals surface area contributed by atoms with Gasteiger partial charge in [-0.2, -0.15) is 0 Å². The summed E-state index contributed by atoms with van der Waals surface area (Å²) in [7, 11) is -1.44. The smallest absolute Gasteiger partial charge is 0.227 e. The highest BCUT2D eigenvalue weighted by Gasteiger charge is 2.40. The van der Waals surface area contributed by atoms with Crippen LogP contribution in [-0.4, -0.2) is 57.0 Å². The Hall–Kier alpha value is -1.76. The Morgan fingerprint density at radius 2 is 1.91 bits per heavy atom. The number of nitrogens with zero attached hydrogens (tertiary/aromatic N) is 1. The maximum absolute atomic E-state index is 12.2. The summed E-state index contributed by atoms with van der Waals surface area (Å²) in [5, 5.41) is 0. The fourth-order valence-corrected chi connectivity index (χ4v) is 4.57. The second-order valence-electron chi connectivity index (χ2n) is 5.73. The number of ether oxygens (including phenoxy) is 2. The quantitative estimate of drug-likeness (QED) is 0.815. The number of para-hydroxylation sites is 2. The van der Waals surface area contributed by atoms with Crippen LogP contribution in [0.4, 0.5) is 0 Å². The average Bonchev–Trinajstić information content (AvgIpc) is 2.82. The fraction of sp³-hybridized carbons (Fsp3) is 0.533. The Kier molecular flexibility index (Phi) is 3.99. The highest BCUT2D eigenvalue weighted by atomic mass is 32.2. The van der Waals surface area contributed by atoms with Gasteiger partial charge in [0.2, 0.25) is 5.91 Å². The molecule has 2 aliphatic heterocycles. The summed E-state index contributed by atoms with van der Waals surface area (Å²) in [6, 6.07) is 7.37. The van der Waals surface area contributed by atoms with Crippen LogP contribution >= 0.6 is 0 Å². The lowest BCUT2D eigenvalue weighted by atomic mass is 10.0. The van der Waals surface area contributed by atoms with Gasteiger partial charge in [0.1, 0.15) is 6.10 Å². The van der Waals surface area contributed by atoms with E-state index >= 15 is 0 Å². The van der Waals surface area contributed by atoms with Crippen molar-refractivity contribution in [3.8, 4) is 11.5 Å². The van der Waals surface area contributed by atoms with E-state index < -0.39 is 9.84 Å². The average molecular weight is 325 g/mol. The molecule has 1 atom stereocenters. The molecular formula is C15H19NO5S. The van der Waals surface area contributed by atoms with Crippen molar-refractivity contribution in [3.05, 3.63) is 24.3 Å². The number of methoxy groups -OCH3 is 1. The third-order valence-electron chi connectivity index (χ3n) is 4.10. The van der Waals surface area contributed by atoms with E-state index in [1.165, 1.54) is 0 Å². The van der Waals surface area contributed by atoms with Gasteiger partial charge in [-0.3, -0.25) is 4.79 Å². The molecule has 7 heteroatoms. The molecule has 2 heterocycles. The lowest BCUT2D eigenvalue weighted by molar-refractivity contribution is -0.143. The first kappa shape index (κ1) is 15.1. The second-order valence-corrected chi connectivity index (χ2v) is 7.96. The Labute approximate surface area is 129 Å². The van der Waals surface area contributed by atoms with Crippen molar-refractivity contribution in [1.29, 1.82) is 0 Å². The molecule has 3 rings (SSSR count). The van der Waals surface area contributed by atoms with Crippen LogP contribution in [0.5, 0.6) is 11.5 Å². The topological polar surface area (TPSA) is 72.9 Å². The first-order chi connectivity index (χ1) is 10.5. The first-order valence-electron chi connectivity index (χ1n) is 7.27. The SMILES string of the molecule is COc1ccccc1OC1CN(C(=O)C2CCS(=O)(=O)C2)C1. The van der Waals surface area contributed by atoms with Crippen LogP contribution in [0.1, 0.15) is 6.42 Å². The molecular weight excluding hydrogens is 306 g/mol. The van der Waals surface area contributed by atoms with Crippen LogP contribution < -0.4 is 9.47 Å². The van der Waals surface area contributed by atoms with E-state index in [0.29, 0.717) is 31.0 Å². The molecule has 0 aromatic heterocycles. The van der Waals surface area contributed by atoms with Crippen LogP contribution in [-0.2, 0) is 14.6 Å². The minimum Gasteiger partial charge on any atom is -0.493 e. The fourth-order valence-electron chi connectivity index (χ4n) is 2.84. The van der Waals surface area contributed by atoms with E-state index in [2.05, 4.69) is 0 Å². The number of hydrogen-bond acceptors (Lipinski definition) is 5. The number of sulfone groups is 1. The van der Waals surface area contributed by atoms with E-state index in [-0.39, 0.29) is 29.4 Å². The molecule has 1 unspecified atom stereocenters. The molecule has 0 radical (unpaired) electrons. The molecule has 2 saturated heterocycles. The summed E-state index contributed by atoms with van der Waals surface area (Å²) in [4.78, 5) is 13.9. The first-order valence-corrected chi connectivity index (χ1v) is 9.09. The van der Waals surface area contributed by atoms with Gasteiger partial charge in [0, 0.05) is 0 Å². The van der Waals surface area contributed by atoms with E-state index in [0.717, 1.165) is 0 Å². The highest BCUT2D eigenvalue weighted by Crippen LogP contribution is 2.30. The number of benzene rings is 1. The maximum atomic E-state index is 12.2. The van der Waals surface area contributed by atoms with Gasteiger partial charge in [-0.25, -0.2) is 8.42 Å². The van der Waals surface area contributed by atoms with Crippen molar-refractivity contribution in [1.82, 2.24) is 4.90 Å². The summed E-state index contributed by atoms with van der Waals surface area (Å²) in [6.07, 6.45) is 0.369. The summed E-state index contributed by atoms with van der Waals surface area (Å²) >= 11 is 0. The minimum absolute atomic E-state index is 0.0135. The third-order valence-corrected chi connectivity index (χ3v) is 5.87. The van der Waals surface area contributed by atoms with Gasteiger partial charge >= 0.3 is 0 Å². The van der Waals surface area contributed by atoms with E-state index in [9.17, 15) is 13.2 Å². The normalized spacial score (nSPS) is 23.9. The van der Waals surface area contributed by atoms with Crippen molar-refractivity contribution in [2.24, 2.45) is 5.92 Å². The molecule has 0 N–H and O–H groups in total. The Morgan fingerprint density at radius 1 is 1.23 bits per heavy atom. The minimum atomic E-state index is -3.02. The number of amides is 1. The molecule has 22 heavy (non-hydrogen) atoms. The lowest BCUT2D eigenvalue weighted by Gasteiger charge is -2.40. The van der Waals surface area contributed by atoms with Crippen molar-refractivity contribution in [3.63, 3.8) is 0 Å². The highest BCUT2D eigenvalue weighted by molar-refractivity contribution is 7.91. The zero-order chi connectivity index (χ0) is 15.7. The molecule has 1 amide bonds. The molecule has 0 bridgehead atoms. The van der Waals surface area contributed by atoms with Gasteiger partial charge in [0.25, 0.3) is 0 Å². The molecule has 120 valence electrons. The summed E-state index contributed by atoms with van der Waals surface area (Å²) in [5.74, 6) is 0.983. The molecule has 6 nitrogen and oxygen atoms in total. The maximum Gasteiger partial charge on any atom is 0.227 e. The van der Waals surface area contributed by atoms with Crippen LogP contribution in [0.15, 0.2) is 24.3 Å². The zero-order valence-corrected chi connectivity index (χ0v) is 13.2. The van der Waals surface area contributed by atoms with E-state index in [1.807, 2.05) is 24.3 Å². The predicted octanol–water partition coefficient (Wildman–Crippen LogP) is 0.720. The number of hydrogen-bond donors (Lipinski definition) is 0. The summed E-state index contributed by atoms with van der Waals surface area (Å²) in [6.45, 7) is 0.987. The largest absolute Gasteiger partial charge is 0.493 e. The summed E-state index contributed by atoms with van der Waals surface area (Å²) in [5.41, 5.74) is 0. The molecule has 2 aliphatic rings. The lowest BCUT2D eigenvalue weighted by Crippen LogP contribution is -2.57. The van der Waals surface area contributed by atoms with Crippen molar-refractivity contribution in [2.75, 3.05) is 31.7 Å². The van der Waals surface area contributed by atoms with Crippen LogP contribution in [0.3, 0.4) is 0 Å². The molecule has 0 spiro atoms. The van der Waals surface area contributed by atoms with Gasteiger partial charge in [-0.05, 0) is 18.6 Å². The van der Waals surface area contributed by atoms with Crippen molar-refractivity contribution >= 4 is 15.7 Å². The van der Waals surface area contributed by atoms with Gasteiger partial charge in [0.15, 0.2) is 21.3 Å². The Morgan fingerprint density at radius 3 is 2.50 bits per heavy atom. The van der Waals surface area contributed by atoms with Gasteiger partial charge in [-0.1, -0.05) is 12.1 Å². The molecule has 0 aliphatic carbocycles. The second kappa shape index (κ2) is 5.79. The molecule has 1 aromatic carbocycles. The van der Waals surface area contributed by atoms with E-state index in [1.54, 1.807) is 12.0 Å². The van der Waals surface area contributed by atoms with Crippen LogP contribution in [0.2, 0.25) is 0 Å². The summed E-state index contributed by atoms with van der Waals surface area (Å²) < 4.78 is 33.9. The Balaban J connectivity index is 1.53. The molecule has 2 fully saturated rings. The standard InChI is InChI=1S/C15H19NO5S/c1-20-13-4-2-3-5-14(13)21-12-8-16(9-12)15(17)11-6-7-22(18,19)10-11/h2-5,11-12H,6-10H2,1H3. The number of carbonyl (C=O) groups is 1. The van der Waals surface area contributed by atoms with Crippen LogP contribution in [0.25, 0.3) is 0 Å². The van der Waals surface area contributed by atoms with E-state index in [4.69, 9.17) is 9.47 Å². The molecule has 0 saturated carbocycles. The number of likely N-dealkylation sites (tertiary alicyclic amines) is 1. The van der Waals surface area contributed by atoms with Gasteiger partial charge < -0.3 is 14.4 Å².